The molecule has 0 N–H and O–H groups in total. The predicted octanol–water partition coefficient (Wildman–Crippen LogP) is 28.2. The molecule has 8 aromatic carbocycles. The van der Waals surface area contributed by atoms with Gasteiger partial charge in [-0.05, 0) is 130 Å². The van der Waals surface area contributed by atoms with Crippen LogP contribution in [-0.2, 0) is 31.1 Å². The third-order valence-electron chi connectivity index (χ3n) is 11.7. The van der Waals surface area contributed by atoms with Crippen LogP contribution in [0.4, 0.5) is 33.3 Å². The normalized spacial score (nSPS) is 8.88. The van der Waals surface area contributed by atoms with E-state index in [4.69, 9.17) is 14.2 Å². The number of thioether (sulfide) groups is 3. The zero-order valence-electron chi connectivity index (χ0n) is 72.9. The molecule has 0 aliphatic carbocycles. The lowest BCUT2D eigenvalue weighted by molar-refractivity contribution is 0.194. The quantitative estimate of drug-likeness (QED) is 0.0288. The smallest absolute Gasteiger partial charge is 0.206 e. The minimum absolute atomic E-state index is 0.500. The van der Waals surface area contributed by atoms with Gasteiger partial charge in [-0.2, -0.15) is 32.3 Å². The third kappa shape index (κ3) is 91.9. The summed E-state index contributed by atoms with van der Waals surface area (Å²) in [5, 5.41) is 0. The molecule has 0 saturated carbocycles. The Balaban J connectivity index is -0.000000140. The molecule has 8 aromatic rings. The fraction of sp³-hybridized carbons (Fsp3) is 0.478. The van der Waals surface area contributed by atoms with Crippen LogP contribution in [0.2, 0.25) is 0 Å². The molecule has 108 heavy (non-hydrogen) atoms. The summed E-state index contributed by atoms with van der Waals surface area (Å²) in [6, 6.07) is 71.9. The minimum atomic E-state index is -2.20. The molecule has 0 heterocycles. The number of para-hydroxylation sites is 3. The Kier molecular flexibility index (Phi) is 107. The minimum Gasteiger partial charge on any atom is -0.497 e. The zero-order valence-corrected chi connectivity index (χ0v) is 75.3. The van der Waals surface area contributed by atoms with Gasteiger partial charge in [-0.3, -0.25) is 0 Å². The van der Waals surface area contributed by atoms with Gasteiger partial charge in [0.25, 0.3) is 0 Å². The summed E-state index contributed by atoms with van der Waals surface area (Å²) in [6.07, 6.45) is 18.3. The molecule has 0 bridgehead atoms. The number of ether oxygens (including phenoxy) is 6. The maximum absolute atomic E-state index is 12.6. The summed E-state index contributed by atoms with van der Waals surface area (Å²) in [6.45, 7) is 37.7. The van der Waals surface area contributed by atoms with Crippen LogP contribution in [0.3, 0.4) is 0 Å². The van der Waals surface area contributed by atoms with Gasteiger partial charge in [-0.15, -0.1) is 11.8 Å². The topological polar surface area (TPSA) is 61.9 Å². The van der Waals surface area contributed by atoms with Gasteiger partial charge in [-0.1, -0.05) is 291 Å². The van der Waals surface area contributed by atoms with Crippen molar-refractivity contribution in [3.63, 3.8) is 0 Å². The number of unbranched alkanes of at least 4 members (excludes halogenated alkanes) is 3. The molecule has 0 spiro atoms. The Morgan fingerprint density at radius 2 is 0.713 bits per heavy atom. The van der Waals surface area contributed by atoms with Crippen LogP contribution in [0.25, 0.3) is 0 Å². The average molecular weight is 1570 g/mol. The van der Waals surface area contributed by atoms with Crippen molar-refractivity contribution >= 4 is 46.7 Å². The largest absolute Gasteiger partial charge is 0.497 e. The molecule has 0 aliphatic rings. The van der Waals surface area contributed by atoms with Crippen LogP contribution in [0, 0.1) is 41.4 Å². The van der Waals surface area contributed by atoms with Crippen molar-refractivity contribution in [2.75, 3.05) is 132 Å². The molecule has 0 fully saturated rings. The highest BCUT2D eigenvalue weighted by Gasteiger charge is 2.26. The monoisotopic (exact) mass is 1570 g/mol. The fourth-order valence-corrected chi connectivity index (χ4v) is 7.26. The maximum Gasteiger partial charge on any atom is 0.206 e. The van der Waals surface area contributed by atoms with Crippen molar-refractivity contribution < 1.29 is 50.4 Å². The molecule has 0 amide bonds. The summed E-state index contributed by atoms with van der Waals surface area (Å²) in [7, 11) is 17.0. The van der Waals surface area contributed by atoms with E-state index >= 15 is 0 Å². The highest BCUT2D eigenvalue weighted by atomic mass is 32.2. The van der Waals surface area contributed by atoms with Crippen molar-refractivity contribution in [3.05, 3.63) is 258 Å². The molecule has 618 valence electrons. The second-order valence-corrected chi connectivity index (χ2v) is 26.5. The Bertz CT molecular complexity index is 2750. The first kappa shape index (κ1) is 120. The Hall–Kier alpha value is -6.50. The SMILES string of the molecule is CC.CC(C)(C)C.CCC.CCCCC.CCCCOC.CCCOC.CCN(C)c1ccccc1.CCOC.CCc1ccccc1.CN(C)c1ccccc1.COC.COc1c(F)c(F)c(F)c(F)c1F.COc1ccccc1.CSC.CSCc1ccccc1.CSc1ccccc1.Cc1ccccc1. The van der Waals surface area contributed by atoms with Gasteiger partial charge < -0.3 is 38.2 Å². The molecule has 0 atom stereocenters. The number of anilines is 2. The van der Waals surface area contributed by atoms with Gasteiger partial charge >= 0.3 is 0 Å². The van der Waals surface area contributed by atoms with Gasteiger partial charge in [0.1, 0.15) is 5.75 Å². The lowest BCUT2D eigenvalue weighted by Gasteiger charge is -2.15. The van der Waals surface area contributed by atoms with Crippen LogP contribution in [0.5, 0.6) is 11.5 Å². The second-order valence-electron chi connectivity index (χ2n) is 23.9. The molecular formula is C92H151F5N2O6S3. The van der Waals surface area contributed by atoms with Crippen LogP contribution in [-0.4, -0.2) is 122 Å². The van der Waals surface area contributed by atoms with Gasteiger partial charge in [0.2, 0.25) is 29.1 Å². The van der Waals surface area contributed by atoms with Crippen molar-refractivity contribution in [1.29, 1.82) is 0 Å². The Morgan fingerprint density at radius 1 is 0.398 bits per heavy atom. The van der Waals surface area contributed by atoms with Gasteiger partial charge in [-0.25, -0.2) is 13.2 Å². The summed E-state index contributed by atoms with van der Waals surface area (Å²) >= 11 is 5.37. The molecule has 0 aliphatic heterocycles. The summed E-state index contributed by atoms with van der Waals surface area (Å²) in [4.78, 5) is 5.62. The first-order valence-electron chi connectivity index (χ1n) is 37.3. The van der Waals surface area contributed by atoms with Crippen LogP contribution < -0.4 is 19.3 Å². The number of aryl methyl sites for hydroxylation is 2. The summed E-state index contributed by atoms with van der Waals surface area (Å²) in [5.41, 5.74) is 7.17. The lowest BCUT2D eigenvalue weighted by atomic mass is 10.0. The molecule has 16 heteroatoms. The number of hydrogen-bond acceptors (Lipinski definition) is 11. The van der Waals surface area contributed by atoms with Crippen LogP contribution in [0.1, 0.15) is 165 Å². The third-order valence-corrected chi connectivity index (χ3v) is 13.1. The standard InChI is InChI=1S/C9H13N.C8H11N.C8H10S.C8H10.C7H3F5O.C7H8O.C7H8S.C7H8.C5H12O.2C5H12.C4H10O.C3H8O.C3H8.C2H6O.C2H6S.C2H6/c1-3-10(2)9-7-5-4-6-8-9;1-9(2)8-6-4-3-5-7-8;1-9-7-8-5-3-2-4-6-8;1-2-8-6-4-3-5-7-8;1-13-7-5(11)3(9)2(8)4(10)6(7)12;2*1-8-7-5-3-2-4-6-7;1-7-5-3-2-4-6-7;1-3-4-5-6-2;1-5(2,3)4;1-3-5-4-2;1-3-4-5-2;1-3-4-2;3*1-3-2;1-2/h4-8H,3H2,1-2H3;3-7H,1-2H3;2-6H,7H2,1H3;3-7H,2H2,1H3;1H3;2*2-6H,1H3;2-6H,1H3;3-5H2,1-2H3;1-4H3;3-5H2,1-2H3;3-4H2,1-2H3;3H2,1-2H3;3H2,1-2H3;2*1-2H3;1-2H3. The van der Waals surface area contributed by atoms with E-state index in [2.05, 4.69) is 243 Å². The Morgan fingerprint density at radius 3 is 0.907 bits per heavy atom. The fourth-order valence-electron chi connectivity index (χ4n) is 6.30. The van der Waals surface area contributed by atoms with E-state index in [0.717, 1.165) is 57.8 Å². The number of methoxy groups -OCH3 is 6. The number of halogens is 5. The molecule has 0 saturated heterocycles. The molecule has 0 aromatic heterocycles. The first-order chi connectivity index (χ1) is 51.7. The Labute approximate surface area is 672 Å². The van der Waals surface area contributed by atoms with Gasteiger partial charge in [0.05, 0.1) is 14.2 Å². The second kappa shape index (κ2) is 96.6. The summed E-state index contributed by atoms with van der Waals surface area (Å²) < 4.78 is 89.3. The van der Waals surface area contributed by atoms with E-state index in [1.807, 2.05) is 162 Å². The molecule has 8 nitrogen and oxygen atoms in total. The van der Waals surface area contributed by atoms with Crippen LogP contribution in [0.15, 0.2) is 217 Å². The van der Waals surface area contributed by atoms with Gasteiger partial charge in [0.15, 0.2) is 5.75 Å². The number of nitrogens with zero attached hydrogens (tertiary/aromatic N) is 2. The van der Waals surface area contributed by atoms with E-state index in [9.17, 15) is 22.0 Å². The average Bonchev–Trinajstić information content (AvgIpc) is 0.804. The first-order valence-corrected chi connectivity index (χ1v) is 41.5. The van der Waals surface area contributed by atoms with E-state index in [1.165, 1.54) is 71.5 Å². The number of benzene rings is 8. The highest BCUT2D eigenvalue weighted by molar-refractivity contribution is 7.98. The van der Waals surface area contributed by atoms with Crippen molar-refractivity contribution in [2.45, 2.75) is 173 Å². The van der Waals surface area contributed by atoms with E-state index in [1.54, 1.807) is 66.2 Å². The van der Waals surface area contributed by atoms with Crippen molar-refractivity contribution in [2.24, 2.45) is 5.41 Å². The van der Waals surface area contributed by atoms with Crippen LogP contribution >= 0.6 is 35.3 Å². The highest BCUT2D eigenvalue weighted by Crippen LogP contribution is 2.28. The number of hydrogen-bond donors (Lipinski definition) is 0. The predicted molar refractivity (Wildman–Crippen MR) is 477 cm³/mol. The van der Waals surface area contributed by atoms with Gasteiger partial charge in [0, 0.05) is 105 Å². The maximum atomic E-state index is 12.6. The van der Waals surface area contributed by atoms with E-state index in [0.29, 0.717) is 5.41 Å². The van der Waals surface area contributed by atoms with E-state index in [-0.39, 0.29) is 0 Å². The zero-order chi connectivity index (χ0) is 84.5. The lowest BCUT2D eigenvalue weighted by Crippen LogP contribution is -2.15. The van der Waals surface area contributed by atoms with Crippen molar-refractivity contribution in [1.82, 2.24) is 0 Å². The van der Waals surface area contributed by atoms with Crippen molar-refractivity contribution in [3.8, 4) is 11.5 Å². The van der Waals surface area contributed by atoms with E-state index < -0.39 is 34.8 Å². The molecule has 8 rings (SSSR count). The number of rotatable bonds is 17. The molecule has 0 unspecified atom stereocenters. The molecule has 0 radical (unpaired) electrons. The summed E-state index contributed by atoms with van der Waals surface area (Å²) in [5.74, 6) is -9.43. The molecular weight excluding hydrogens is 1420 g/mol.